The monoisotopic (exact) mass is 573 g/mol. The van der Waals surface area contributed by atoms with Crippen LogP contribution in [0.4, 0.5) is 10.1 Å². The van der Waals surface area contributed by atoms with Crippen molar-refractivity contribution in [2.75, 3.05) is 17.4 Å². The molecule has 0 heterocycles. The highest BCUT2D eigenvalue weighted by molar-refractivity contribution is 7.92. The Labute approximate surface area is 234 Å². The summed E-state index contributed by atoms with van der Waals surface area (Å²) in [7, 11) is -4.21. The smallest absolute Gasteiger partial charge is 0.264 e. The maximum Gasteiger partial charge on any atom is 0.264 e. The Hall–Kier alpha value is -3.43. The number of halogens is 2. The summed E-state index contributed by atoms with van der Waals surface area (Å²) in [4.78, 5) is 28.0. The second-order valence-electron chi connectivity index (χ2n) is 9.24. The zero-order valence-electron chi connectivity index (χ0n) is 22.2. The van der Waals surface area contributed by atoms with Crippen LogP contribution >= 0.6 is 11.6 Å². The summed E-state index contributed by atoms with van der Waals surface area (Å²) < 4.78 is 43.1. The molecule has 39 heavy (non-hydrogen) atoms. The van der Waals surface area contributed by atoms with Crippen molar-refractivity contribution in [2.45, 2.75) is 51.1 Å². The number of aryl methyl sites for hydroxylation is 1. The molecule has 0 radical (unpaired) electrons. The molecule has 0 saturated carbocycles. The molecule has 0 saturated heterocycles. The Bertz CT molecular complexity index is 1400. The Morgan fingerprint density at radius 2 is 1.72 bits per heavy atom. The number of nitrogens with one attached hydrogen (secondary N) is 1. The van der Waals surface area contributed by atoms with E-state index in [2.05, 4.69) is 5.32 Å². The van der Waals surface area contributed by atoms with Gasteiger partial charge in [0.1, 0.15) is 18.4 Å². The molecule has 3 aromatic rings. The summed E-state index contributed by atoms with van der Waals surface area (Å²) in [6.45, 7) is 4.94. The molecule has 7 nitrogen and oxygen atoms in total. The van der Waals surface area contributed by atoms with Gasteiger partial charge in [0.15, 0.2) is 0 Å². The fraction of sp³-hybridized carbons (Fsp3) is 0.310. The molecule has 0 unspecified atom stereocenters. The first kappa shape index (κ1) is 30.1. The lowest BCUT2D eigenvalue weighted by molar-refractivity contribution is -0.139. The number of benzene rings is 3. The molecule has 0 aliphatic rings. The molecule has 0 aliphatic carbocycles. The molecule has 0 fully saturated rings. The van der Waals surface area contributed by atoms with Crippen LogP contribution < -0.4 is 9.62 Å². The maximum absolute atomic E-state index is 14.6. The molecule has 1 atom stereocenters. The van der Waals surface area contributed by atoms with E-state index in [1.807, 2.05) is 13.8 Å². The molecule has 0 spiro atoms. The van der Waals surface area contributed by atoms with E-state index in [1.54, 1.807) is 30.3 Å². The van der Waals surface area contributed by atoms with E-state index in [1.165, 1.54) is 54.3 Å². The Kier molecular flexibility index (Phi) is 10.5. The molecule has 10 heteroatoms. The number of unbranched alkanes of at least 4 members (excludes halogenated alkanes) is 1. The Morgan fingerprint density at radius 1 is 1.03 bits per heavy atom. The van der Waals surface area contributed by atoms with Crippen molar-refractivity contribution in [3.8, 4) is 0 Å². The number of carbonyl (C=O) groups excluding carboxylic acids is 2. The first-order valence-electron chi connectivity index (χ1n) is 12.7. The highest BCUT2D eigenvalue weighted by Gasteiger charge is 2.33. The van der Waals surface area contributed by atoms with Crippen LogP contribution in [0.1, 0.15) is 37.8 Å². The van der Waals surface area contributed by atoms with E-state index in [0.29, 0.717) is 6.54 Å². The van der Waals surface area contributed by atoms with E-state index in [-0.39, 0.29) is 27.7 Å². The second kappa shape index (κ2) is 13.6. The summed E-state index contributed by atoms with van der Waals surface area (Å²) in [5.74, 6) is -1.62. The number of rotatable bonds is 12. The van der Waals surface area contributed by atoms with Crippen molar-refractivity contribution in [1.82, 2.24) is 10.2 Å². The Balaban J connectivity index is 2.01. The fourth-order valence-corrected chi connectivity index (χ4v) is 5.52. The van der Waals surface area contributed by atoms with Crippen LogP contribution in [0.2, 0.25) is 5.02 Å². The summed E-state index contributed by atoms with van der Waals surface area (Å²) in [5.41, 5.74) is 1.26. The largest absolute Gasteiger partial charge is 0.354 e. The van der Waals surface area contributed by atoms with E-state index in [4.69, 9.17) is 11.6 Å². The number of carbonyl (C=O) groups is 2. The first-order valence-corrected chi connectivity index (χ1v) is 14.5. The van der Waals surface area contributed by atoms with Gasteiger partial charge in [-0.2, -0.15) is 0 Å². The van der Waals surface area contributed by atoms with Crippen LogP contribution in [0.5, 0.6) is 0 Å². The van der Waals surface area contributed by atoms with Crippen molar-refractivity contribution in [3.05, 3.63) is 94.8 Å². The minimum Gasteiger partial charge on any atom is -0.354 e. The quantitative estimate of drug-likeness (QED) is 0.297. The van der Waals surface area contributed by atoms with Gasteiger partial charge in [-0.3, -0.25) is 13.9 Å². The average molecular weight is 574 g/mol. The minimum atomic E-state index is -4.21. The lowest BCUT2D eigenvalue weighted by atomic mass is 10.1. The number of hydrogen-bond acceptors (Lipinski definition) is 4. The third-order valence-electron chi connectivity index (χ3n) is 6.28. The van der Waals surface area contributed by atoms with Crippen molar-refractivity contribution in [3.63, 3.8) is 0 Å². The maximum atomic E-state index is 14.6. The van der Waals surface area contributed by atoms with Gasteiger partial charge < -0.3 is 10.2 Å². The van der Waals surface area contributed by atoms with Gasteiger partial charge in [-0.1, -0.05) is 66.9 Å². The van der Waals surface area contributed by atoms with Crippen LogP contribution in [-0.4, -0.2) is 44.3 Å². The first-order chi connectivity index (χ1) is 18.5. The molecule has 3 rings (SSSR count). The van der Waals surface area contributed by atoms with Crippen LogP contribution in [-0.2, 0) is 26.2 Å². The van der Waals surface area contributed by atoms with Gasteiger partial charge in [0.25, 0.3) is 10.0 Å². The number of sulfonamides is 1. The minimum absolute atomic E-state index is 0.00751. The average Bonchev–Trinajstić information content (AvgIpc) is 2.91. The van der Waals surface area contributed by atoms with Gasteiger partial charge in [0.05, 0.1) is 10.6 Å². The van der Waals surface area contributed by atoms with Crippen LogP contribution in [0, 0.1) is 12.7 Å². The summed E-state index contributed by atoms with van der Waals surface area (Å²) in [5, 5.41) is 3.08. The number of anilines is 1. The van der Waals surface area contributed by atoms with Gasteiger partial charge in [-0.15, -0.1) is 0 Å². The van der Waals surface area contributed by atoms with E-state index >= 15 is 0 Å². The van der Waals surface area contributed by atoms with E-state index < -0.39 is 40.2 Å². The van der Waals surface area contributed by atoms with Gasteiger partial charge in [-0.25, -0.2) is 12.8 Å². The number of hydrogen-bond donors (Lipinski definition) is 1. The highest BCUT2D eigenvalue weighted by atomic mass is 35.5. The predicted molar refractivity (Wildman–Crippen MR) is 151 cm³/mol. The zero-order valence-corrected chi connectivity index (χ0v) is 23.8. The standard InChI is InChI=1S/C29H33ClFN3O4S/c1-4-5-17-32-29(36)22(3)33(19-23-9-6-7-12-27(23)31)28(35)20-34(25-11-8-10-24(30)18-25)39(37,38)26-15-13-21(2)14-16-26/h6-16,18,22H,4-5,17,19-20H2,1-3H3,(H,32,36)/t22-/m1/s1. The molecule has 3 aromatic carbocycles. The van der Waals surface area contributed by atoms with Crippen LogP contribution in [0.3, 0.4) is 0 Å². The van der Waals surface area contributed by atoms with Crippen LogP contribution in [0.15, 0.2) is 77.7 Å². The number of amides is 2. The molecular formula is C29H33ClFN3O4S. The van der Waals surface area contributed by atoms with Crippen molar-refractivity contribution < 1.29 is 22.4 Å². The SMILES string of the molecule is CCCCNC(=O)[C@@H](C)N(Cc1ccccc1F)C(=O)CN(c1cccc(Cl)c1)S(=O)(=O)c1ccc(C)cc1. The molecule has 0 aromatic heterocycles. The lowest BCUT2D eigenvalue weighted by Crippen LogP contribution is -2.51. The number of nitrogens with zero attached hydrogens (tertiary/aromatic N) is 2. The van der Waals surface area contributed by atoms with Gasteiger partial charge in [0, 0.05) is 23.7 Å². The molecule has 2 amide bonds. The second-order valence-corrected chi connectivity index (χ2v) is 11.5. The molecule has 208 valence electrons. The van der Waals surface area contributed by atoms with E-state index in [9.17, 15) is 22.4 Å². The zero-order chi connectivity index (χ0) is 28.6. The normalized spacial score (nSPS) is 12.0. The van der Waals surface area contributed by atoms with Gasteiger partial charge in [0.2, 0.25) is 11.8 Å². The third kappa shape index (κ3) is 7.80. The van der Waals surface area contributed by atoms with E-state index in [0.717, 1.165) is 22.7 Å². The molecular weight excluding hydrogens is 541 g/mol. The third-order valence-corrected chi connectivity index (χ3v) is 8.30. The molecule has 1 N–H and O–H groups in total. The van der Waals surface area contributed by atoms with Crippen molar-refractivity contribution in [1.29, 1.82) is 0 Å². The summed E-state index contributed by atoms with van der Waals surface area (Å²) in [6.07, 6.45) is 1.63. The van der Waals surface area contributed by atoms with Crippen LogP contribution in [0.25, 0.3) is 0 Å². The predicted octanol–water partition coefficient (Wildman–Crippen LogP) is 5.32. The Morgan fingerprint density at radius 3 is 2.36 bits per heavy atom. The van der Waals surface area contributed by atoms with Gasteiger partial charge >= 0.3 is 0 Å². The van der Waals surface area contributed by atoms with Crippen molar-refractivity contribution in [2.24, 2.45) is 0 Å². The topological polar surface area (TPSA) is 86.8 Å². The highest BCUT2D eigenvalue weighted by Crippen LogP contribution is 2.27. The van der Waals surface area contributed by atoms with Crippen molar-refractivity contribution >= 4 is 39.1 Å². The van der Waals surface area contributed by atoms with Gasteiger partial charge in [-0.05, 0) is 56.7 Å². The summed E-state index contributed by atoms with van der Waals surface area (Å²) >= 11 is 6.17. The molecule has 0 aliphatic heterocycles. The fourth-order valence-electron chi connectivity index (χ4n) is 3.93. The molecule has 0 bridgehead atoms. The summed E-state index contributed by atoms with van der Waals surface area (Å²) in [6, 6.07) is 17.4. The lowest BCUT2D eigenvalue weighted by Gasteiger charge is -2.32.